The minimum atomic E-state index is 0.235. The highest BCUT2D eigenvalue weighted by Crippen LogP contribution is 2.28. The van der Waals surface area contributed by atoms with Gasteiger partial charge in [0.05, 0.1) is 11.3 Å². The van der Waals surface area contributed by atoms with Crippen LogP contribution in [0.4, 0.5) is 5.82 Å². The number of hydrogen-bond donors (Lipinski definition) is 1. The second kappa shape index (κ2) is 6.11. The third-order valence-corrected chi connectivity index (χ3v) is 3.14. The van der Waals surface area contributed by atoms with E-state index >= 15 is 0 Å². The van der Waals surface area contributed by atoms with Crippen molar-refractivity contribution in [3.63, 3.8) is 0 Å². The van der Waals surface area contributed by atoms with E-state index in [1.165, 1.54) is 0 Å². The fraction of sp³-hybridized carbons (Fsp3) is 0.533. The minimum absolute atomic E-state index is 0.235. The molecular formula is C15H23N5O. The number of anilines is 1. The Morgan fingerprint density at radius 3 is 2.52 bits per heavy atom. The topological polar surface area (TPSA) is 64.9 Å². The van der Waals surface area contributed by atoms with Crippen molar-refractivity contribution in [1.29, 1.82) is 0 Å². The zero-order valence-electron chi connectivity index (χ0n) is 13.6. The smallest absolute Gasteiger partial charge is 0.229 e. The van der Waals surface area contributed by atoms with Gasteiger partial charge in [-0.1, -0.05) is 13.8 Å². The summed E-state index contributed by atoms with van der Waals surface area (Å²) < 4.78 is 7.66. The molecule has 0 spiro atoms. The van der Waals surface area contributed by atoms with Gasteiger partial charge in [-0.3, -0.25) is 0 Å². The fourth-order valence-corrected chi connectivity index (χ4v) is 1.99. The number of rotatable bonds is 5. The Morgan fingerprint density at radius 1 is 1.29 bits per heavy atom. The summed E-state index contributed by atoms with van der Waals surface area (Å²) in [6.07, 6.45) is 0. The van der Waals surface area contributed by atoms with E-state index in [0.29, 0.717) is 11.8 Å². The van der Waals surface area contributed by atoms with Crippen LogP contribution in [-0.4, -0.2) is 26.3 Å². The molecule has 0 aliphatic carbocycles. The Morgan fingerprint density at radius 2 is 2.00 bits per heavy atom. The van der Waals surface area contributed by atoms with Crippen molar-refractivity contribution in [2.75, 3.05) is 11.9 Å². The molecule has 0 saturated heterocycles. The van der Waals surface area contributed by atoms with Gasteiger partial charge in [0.15, 0.2) is 0 Å². The van der Waals surface area contributed by atoms with Crippen molar-refractivity contribution in [2.24, 2.45) is 7.05 Å². The summed E-state index contributed by atoms with van der Waals surface area (Å²) in [4.78, 5) is 9.11. The number of ether oxygens (including phenoxy) is 1. The second-order valence-corrected chi connectivity index (χ2v) is 5.40. The molecule has 6 heteroatoms. The van der Waals surface area contributed by atoms with Crippen molar-refractivity contribution >= 4 is 5.82 Å². The lowest BCUT2D eigenvalue weighted by Crippen LogP contribution is -2.09. The van der Waals surface area contributed by atoms with E-state index in [1.54, 1.807) is 4.68 Å². The van der Waals surface area contributed by atoms with Crippen LogP contribution in [0.3, 0.4) is 0 Å². The van der Waals surface area contributed by atoms with Gasteiger partial charge in [-0.15, -0.1) is 0 Å². The molecule has 21 heavy (non-hydrogen) atoms. The predicted molar refractivity (Wildman–Crippen MR) is 83.0 cm³/mol. The highest BCUT2D eigenvalue weighted by molar-refractivity contribution is 5.49. The van der Waals surface area contributed by atoms with Gasteiger partial charge < -0.3 is 10.1 Å². The van der Waals surface area contributed by atoms with Gasteiger partial charge in [-0.05, 0) is 20.8 Å². The van der Waals surface area contributed by atoms with Crippen LogP contribution in [0.2, 0.25) is 0 Å². The summed E-state index contributed by atoms with van der Waals surface area (Å²) in [7, 11) is 1.85. The lowest BCUT2D eigenvalue weighted by atomic mass is 10.2. The Kier molecular flexibility index (Phi) is 4.45. The van der Waals surface area contributed by atoms with Crippen molar-refractivity contribution in [3.05, 3.63) is 23.1 Å². The summed E-state index contributed by atoms with van der Waals surface area (Å²) in [6, 6.07) is 1.89. The quantitative estimate of drug-likeness (QED) is 0.915. The van der Waals surface area contributed by atoms with Crippen LogP contribution in [0.1, 0.15) is 43.8 Å². The predicted octanol–water partition coefficient (Wildman–Crippen LogP) is 3.17. The van der Waals surface area contributed by atoms with Gasteiger partial charge in [0.2, 0.25) is 11.8 Å². The first kappa shape index (κ1) is 15.3. The van der Waals surface area contributed by atoms with E-state index in [9.17, 15) is 0 Å². The zero-order chi connectivity index (χ0) is 15.6. The van der Waals surface area contributed by atoms with Crippen molar-refractivity contribution in [3.8, 4) is 11.8 Å². The largest absolute Gasteiger partial charge is 0.420 e. The highest BCUT2D eigenvalue weighted by Gasteiger charge is 2.16. The van der Waals surface area contributed by atoms with Crippen LogP contribution in [-0.2, 0) is 7.05 Å². The van der Waals surface area contributed by atoms with Crippen LogP contribution in [0.25, 0.3) is 0 Å². The van der Waals surface area contributed by atoms with Gasteiger partial charge in [0.1, 0.15) is 11.6 Å². The molecule has 0 aliphatic heterocycles. The molecule has 0 fully saturated rings. The first-order valence-corrected chi connectivity index (χ1v) is 7.23. The van der Waals surface area contributed by atoms with Crippen molar-refractivity contribution in [1.82, 2.24) is 19.7 Å². The van der Waals surface area contributed by atoms with Crippen LogP contribution >= 0.6 is 0 Å². The second-order valence-electron chi connectivity index (χ2n) is 5.40. The summed E-state index contributed by atoms with van der Waals surface area (Å²) >= 11 is 0. The molecular weight excluding hydrogens is 266 g/mol. The molecule has 0 aromatic carbocycles. The molecule has 2 aromatic rings. The molecule has 0 saturated carbocycles. The summed E-state index contributed by atoms with van der Waals surface area (Å²) in [6.45, 7) is 10.9. The maximum absolute atomic E-state index is 5.95. The molecule has 0 radical (unpaired) electrons. The molecule has 0 unspecified atom stereocenters. The Bertz CT molecular complexity index is 633. The standard InChI is InChI=1S/C15H23N5O/c1-7-16-14-11(5)15(18-13(17-14)9(2)3)21-12-8-10(4)19-20(12)6/h8-9H,7H2,1-6H3,(H,16,17,18). The first-order chi connectivity index (χ1) is 9.92. The average molecular weight is 289 g/mol. The molecule has 6 nitrogen and oxygen atoms in total. The summed E-state index contributed by atoms with van der Waals surface area (Å²) in [5, 5.41) is 7.55. The van der Waals surface area contributed by atoms with E-state index in [-0.39, 0.29) is 5.92 Å². The Balaban J connectivity index is 2.43. The maximum atomic E-state index is 5.95. The number of aryl methyl sites for hydroxylation is 2. The molecule has 114 valence electrons. The normalized spacial score (nSPS) is 11.0. The molecule has 2 rings (SSSR count). The molecule has 0 amide bonds. The zero-order valence-corrected chi connectivity index (χ0v) is 13.6. The molecule has 0 atom stereocenters. The van der Waals surface area contributed by atoms with Gasteiger partial charge in [0, 0.05) is 25.6 Å². The lowest BCUT2D eigenvalue weighted by molar-refractivity contribution is 0.408. The molecule has 2 heterocycles. The van der Waals surface area contributed by atoms with Crippen LogP contribution in [0.5, 0.6) is 11.8 Å². The fourth-order valence-electron chi connectivity index (χ4n) is 1.99. The van der Waals surface area contributed by atoms with E-state index in [1.807, 2.05) is 33.9 Å². The van der Waals surface area contributed by atoms with Crippen LogP contribution in [0.15, 0.2) is 6.07 Å². The van der Waals surface area contributed by atoms with Crippen molar-refractivity contribution in [2.45, 2.75) is 40.5 Å². The number of hydrogen-bond acceptors (Lipinski definition) is 5. The lowest BCUT2D eigenvalue weighted by Gasteiger charge is -2.14. The minimum Gasteiger partial charge on any atom is -0.420 e. The van der Waals surface area contributed by atoms with Crippen LogP contribution in [0, 0.1) is 13.8 Å². The first-order valence-electron chi connectivity index (χ1n) is 7.23. The summed E-state index contributed by atoms with van der Waals surface area (Å²) in [5.41, 5.74) is 1.82. The number of aromatic nitrogens is 4. The molecule has 2 aromatic heterocycles. The SMILES string of the molecule is CCNc1nc(C(C)C)nc(Oc2cc(C)nn2C)c1C. The van der Waals surface area contributed by atoms with Gasteiger partial charge in [0.25, 0.3) is 0 Å². The van der Waals surface area contributed by atoms with Crippen molar-refractivity contribution < 1.29 is 4.74 Å². The van der Waals surface area contributed by atoms with Gasteiger partial charge in [-0.25, -0.2) is 9.67 Å². The van der Waals surface area contributed by atoms with E-state index in [4.69, 9.17) is 4.74 Å². The number of nitrogens with one attached hydrogen (secondary N) is 1. The third kappa shape index (κ3) is 3.32. The van der Waals surface area contributed by atoms with E-state index < -0.39 is 0 Å². The molecule has 1 N–H and O–H groups in total. The third-order valence-electron chi connectivity index (χ3n) is 3.14. The average Bonchev–Trinajstić information content (AvgIpc) is 2.72. The van der Waals surface area contributed by atoms with E-state index in [2.05, 4.69) is 34.2 Å². The Hall–Kier alpha value is -2.11. The van der Waals surface area contributed by atoms with Gasteiger partial charge >= 0.3 is 0 Å². The number of nitrogens with zero attached hydrogens (tertiary/aromatic N) is 4. The Labute approximate surface area is 125 Å². The van der Waals surface area contributed by atoms with E-state index in [0.717, 1.165) is 29.4 Å². The maximum Gasteiger partial charge on any atom is 0.229 e. The monoisotopic (exact) mass is 289 g/mol. The molecule has 0 bridgehead atoms. The van der Waals surface area contributed by atoms with Crippen LogP contribution < -0.4 is 10.1 Å². The van der Waals surface area contributed by atoms with Gasteiger partial charge in [-0.2, -0.15) is 10.1 Å². The highest BCUT2D eigenvalue weighted by atomic mass is 16.5. The molecule has 0 aliphatic rings. The summed E-state index contributed by atoms with van der Waals surface area (Å²) in [5.74, 6) is 3.08.